The molecule has 8 rings (SSSR count). The number of ether oxygens (including phenoxy) is 2. The van der Waals surface area contributed by atoms with Gasteiger partial charge in [0.25, 0.3) is 6.43 Å². The Bertz CT molecular complexity index is 2150. The van der Waals surface area contributed by atoms with E-state index in [1.165, 1.54) is 18.3 Å². The first kappa shape index (κ1) is 29.6. The van der Waals surface area contributed by atoms with E-state index in [0.29, 0.717) is 40.5 Å². The molecule has 1 aliphatic carbocycles. The van der Waals surface area contributed by atoms with Crippen LogP contribution in [-0.4, -0.2) is 32.8 Å². The summed E-state index contributed by atoms with van der Waals surface area (Å²) in [7, 11) is 1.65. The molecule has 10 nitrogen and oxygen atoms in total. The Morgan fingerprint density at radius 1 is 1.04 bits per heavy atom. The zero-order chi connectivity index (χ0) is 33.2. The molecule has 2 N–H and O–H groups in total. The standard InChI is InChI=1S/C36H29F2N7O3/c1-19-27(18-42-45(19)21-15-20(16-21)13-14-39)43-35-41-17-24(33(40-2)44-35)30-23(32(37)38)11-12-29-31(30)36(26-9-5-6-10-28(26)47-29)25-8-4-3-7-22(25)34(46)48-36/h3-12,17-18,20-21,32H,13,15-16H2,1-2H3,(H2,40,41,43,44). The van der Waals surface area contributed by atoms with E-state index in [0.717, 1.165) is 18.5 Å². The number of benzene rings is 3. The number of halogens is 2. The molecule has 1 saturated carbocycles. The molecular weight excluding hydrogens is 616 g/mol. The number of alkyl halides is 2. The largest absolute Gasteiger partial charge is 0.456 e. The third-order valence-electron chi connectivity index (χ3n) is 9.57. The van der Waals surface area contributed by atoms with E-state index in [9.17, 15) is 13.6 Å². The van der Waals surface area contributed by atoms with Gasteiger partial charge in [0.05, 0.1) is 40.8 Å². The summed E-state index contributed by atoms with van der Waals surface area (Å²) in [5.74, 6) is 1.06. The van der Waals surface area contributed by atoms with Gasteiger partial charge in [0.15, 0.2) is 5.60 Å². The van der Waals surface area contributed by atoms with Crippen LogP contribution in [0.4, 0.5) is 26.2 Å². The smallest absolute Gasteiger partial charge is 0.340 e. The number of hydrogen-bond acceptors (Lipinski definition) is 9. The molecule has 12 heteroatoms. The van der Waals surface area contributed by atoms with Crippen molar-refractivity contribution in [2.75, 3.05) is 17.7 Å². The second kappa shape index (κ2) is 11.2. The lowest BCUT2D eigenvalue weighted by atomic mass is 9.74. The molecule has 3 aliphatic rings. The summed E-state index contributed by atoms with van der Waals surface area (Å²) >= 11 is 0. The van der Waals surface area contributed by atoms with Crippen molar-refractivity contribution in [3.05, 3.63) is 107 Å². The van der Waals surface area contributed by atoms with Crippen molar-refractivity contribution in [1.82, 2.24) is 19.7 Å². The van der Waals surface area contributed by atoms with E-state index < -0.39 is 18.0 Å². The van der Waals surface area contributed by atoms with Gasteiger partial charge in [0.2, 0.25) is 5.95 Å². The molecule has 1 atom stereocenters. The van der Waals surface area contributed by atoms with E-state index in [1.54, 1.807) is 61.8 Å². The van der Waals surface area contributed by atoms with Crippen LogP contribution in [0, 0.1) is 24.2 Å². The van der Waals surface area contributed by atoms with Gasteiger partial charge in [-0.3, -0.25) is 4.68 Å². The van der Waals surface area contributed by atoms with E-state index in [1.807, 2.05) is 11.6 Å². The number of hydrogen-bond donors (Lipinski definition) is 2. The fraction of sp³-hybridized carbons (Fsp3) is 0.250. The molecule has 2 aliphatic heterocycles. The predicted octanol–water partition coefficient (Wildman–Crippen LogP) is 7.80. The molecule has 240 valence electrons. The lowest BCUT2D eigenvalue weighted by molar-refractivity contribution is 0.0225. The Labute approximate surface area is 274 Å². The minimum absolute atomic E-state index is 0.110. The highest BCUT2D eigenvalue weighted by Gasteiger charge is 2.55. The fourth-order valence-electron chi connectivity index (χ4n) is 7.26. The van der Waals surface area contributed by atoms with Crippen LogP contribution < -0.4 is 15.4 Å². The van der Waals surface area contributed by atoms with Gasteiger partial charge in [-0.2, -0.15) is 15.3 Å². The zero-order valence-electron chi connectivity index (χ0n) is 26.0. The molecular formula is C36H29F2N7O3. The number of anilines is 3. The molecule has 1 spiro atoms. The normalized spacial score (nSPS) is 20.2. The molecule has 0 bridgehead atoms. The molecule has 0 radical (unpaired) electrons. The minimum Gasteiger partial charge on any atom is -0.456 e. The quantitative estimate of drug-likeness (QED) is 0.170. The van der Waals surface area contributed by atoms with Crippen LogP contribution in [0.5, 0.6) is 11.5 Å². The molecule has 5 aromatic rings. The maximum Gasteiger partial charge on any atom is 0.340 e. The summed E-state index contributed by atoms with van der Waals surface area (Å²) in [5, 5.41) is 19.8. The van der Waals surface area contributed by atoms with Crippen LogP contribution in [0.3, 0.4) is 0 Å². The first-order valence-corrected chi connectivity index (χ1v) is 15.6. The third-order valence-corrected chi connectivity index (χ3v) is 9.57. The molecule has 2 aromatic heterocycles. The van der Waals surface area contributed by atoms with Crippen LogP contribution >= 0.6 is 0 Å². The molecule has 3 aromatic carbocycles. The predicted molar refractivity (Wildman–Crippen MR) is 172 cm³/mol. The monoisotopic (exact) mass is 645 g/mol. The minimum atomic E-state index is -2.89. The van der Waals surface area contributed by atoms with Gasteiger partial charge in [-0.1, -0.05) is 36.4 Å². The highest BCUT2D eigenvalue weighted by Crippen LogP contribution is 2.60. The third kappa shape index (κ3) is 4.34. The van der Waals surface area contributed by atoms with E-state index in [-0.39, 0.29) is 45.8 Å². The maximum absolute atomic E-state index is 15.0. The van der Waals surface area contributed by atoms with Gasteiger partial charge in [-0.25, -0.2) is 18.6 Å². The van der Waals surface area contributed by atoms with E-state index in [2.05, 4.69) is 26.8 Å². The van der Waals surface area contributed by atoms with Gasteiger partial charge < -0.3 is 20.1 Å². The first-order chi connectivity index (χ1) is 23.3. The van der Waals surface area contributed by atoms with Crippen LogP contribution in [0.1, 0.15) is 70.0 Å². The molecule has 1 unspecified atom stereocenters. The SMILES string of the molecule is CNc1nc(Nc2cnn(C3CC(CC#N)C3)c2C)ncc1-c1c(C(F)F)ccc2c1C1(OC(=O)c3ccccc31)c1ccccc1O2. The van der Waals surface area contributed by atoms with E-state index in [4.69, 9.17) is 19.7 Å². The number of nitriles is 1. The first-order valence-electron chi connectivity index (χ1n) is 15.6. The van der Waals surface area contributed by atoms with Crippen molar-refractivity contribution in [2.24, 2.45) is 5.92 Å². The van der Waals surface area contributed by atoms with Crippen molar-refractivity contribution < 1.29 is 23.0 Å². The summed E-state index contributed by atoms with van der Waals surface area (Å²) in [4.78, 5) is 22.7. The van der Waals surface area contributed by atoms with Crippen molar-refractivity contribution in [3.8, 4) is 28.7 Å². The fourth-order valence-corrected chi connectivity index (χ4v) is 7.26. The number of fused-ring (bicyclic) bond motifs is 6. The van der Waals surface area contributed by atoms with Gasteiger partial charge >= 0.3 is 5.97 Å². The number of carbonyl (C=O) groups is 1. The lowest BCUT2D eigenvalue weighted by Gasteiger charge is -2.38. The lowest BCUT2D eigenvalue weighted by Crippen LogP contribution is -2.34. The number of rotatable bonds is 7. The number of esters is 1. The summed E-state index contributed by atoms with van der Waals surface area (Å²) in [6.07, 6.45) is 2.64. The number of para-hydroxylation sites is 1. The summed E-state index contributed by atoms with van der Waals surface area (Å²) in [6.45, 7) is 1.95. The van der Waals surface area contributed by atoms with Gasteiger partial charge in [0.1, 0.15) is 17.3 Å². The molecule has 0 amide bonds. The zero-order valence-corrected chi connectivity index (χ0v) is 26.0. The van der Waals surface area contributed by atoms with Crippen LogP contribution in [0.25, 0.3) is 11.1 Å². The number of carbonyl (C=O) groups excluding carboxylic acids is 1. The Hall–Kier alpha value is -5.83. The number of nitrogens with zero attached hydrogens (tertiary/aromatic N) is 5. The second-order valence-corrected chi connectivity index (χ2v) is 12.2. The Morgan fingerprint density at radius 2 is 1.81 bits per heavy atom. The van der Waals surface area contributed by atoms with Crippen molar-refractivity contribution in [1.29, 1.82) is 5.26 Å². The summed E-state index contributed by atoms with van der Waals surface area (Å²) < 4.78 is 44.6. The molecule has 0 saturated heterocycles. The van der Waals surface area contributed by atoms with Crippen LogP contribution in [0.15, 0.2) is 73.1 Å². The Balaban J connectivity index is 1.26. The average molecular weight is 646 g/mol. The Morgan fingerprint density at radius 3 is 2.58 bits per heavy atom. The van der Waals surface area contributed by atoms with Crippen molar-refractivity contribution in [3.63, 3.8) is 0 Å². The van der Waals surface area contributed by atoms with E-state index >= 15 is 0 Å². The number of nitrogens with one attached hydrogen (secondary N) is 2. The maximum atomic E-state index is 15.0. The van der Waals surface area contributed by atoms with Gasteiger partial charge in [0, 0.05) is 47.5 Å². The van der Waals surface area contributed by atoms with Gasteiger partial charge in [-0.15, -0.1) is 0 Å². The topological polar surface area (TPSA) is 127 Å². The summed E-state index contributed by atoms with van der Waals surface area (Å²) in [6, 6.07) is 19.4. The van der Waals surface area contributed by atoms with Crippen molar-refractivity contribution >= 4 is 23.4 Å². The van der Waals surface area contributed by atoms with Crippen LogP contribution in [-0.2, 0) is 10.3 Å². The summed E-state index contributed by atoms with van der Waals surface area (Å²) in [5.41, 5.74) is 1.80. The molecule has 1 fully saturated rings. The molecule has 4 heterocycles. The second-order valence-electron chi connectivity index (χ2n) is 12.2. The van der Waals surface area contributed by atoms with Gasteiger partial charge in [-0.05, 0) is 49.9 Å². The highest BCUT2D eigenvalue weighted by molar-refractivity contribution is 5.98. The molecule has 48 heavy (non-hydrogen) atoms. The Kier molecular flexibility index (Phi) is 6.87. The van der Waals surface area contributed by atoms with Crippen molar-refractivity contribution in [2.45, 2.75) is 44.3 Å². The highest BCUT2D eigenvalue weighted by atomic mass is 19.3. The number of aromatic nitrogens is 4. The van der Waals surface area contributed by atoms with Crippen LogP contribution in [0.2, 0.25) is 0 Å². The average Bonchev–Trinajstić information content (AvgIpc) is 3.58.